The van der Waals surface area contributed by atoms with Crippen LogP contribution in [-0.4, -0.2) is 30.8 Å². The number of nitrogens with two attached hydrogens (primary N) is 1. The molecule has 1 aliphatic heterocycles. The van der Waals surface area contributed by atoms with Gasteiger partial charge in [0, 0.05) is 6.54 Å². The zero-order valence-corrected chi connectivity index (χ0v) is 8.34. The standard InChI is InChI=1S/C10H18N2O/c1-4-5-12-10(7-11)6-8(2)13-9(10)3/h1,8-9,12H,5-7,11H2,2-3H3. The minimum Gasteiger partial charge on any atom is -0.374 e. The van der Waals surface area contributed by atoms with Crippen molar-refractivity contribution in [3.63, 3.8) is 0 Å². The normalized spacial score (nSPS) is 38.9. The Balaban J connectivity index is 2.64. The summed E-state index contributed by atoms with van der Waals surface area (Å²) in [5, 5.41) is 3.29. The highest BCUT2D eigenvalue weighted by atomic mass is 16.5. The van der Waals surface area contributed by atoms with E-state index in [1.54, 1.807) is 0 Å². The highest BCUT2D eigenvalue weighted by Crippen LogP contribution is 2.29. The average Bonchev–Trinajstić information content (AvgIpc) is 2.38. The largest absolute Gasteiger partial charge is 0.374 e. The van der Waals surface area contributed by atoms with Crippen molar-refractivity contribution in [2.75, 3.05) is 13.1 Å². The monoisotopic (exact) mass is 182 g/mol. The van der Waals surface area contributed by atoms with E-state index in [1.165, 1.54) is 0 Å². The summed E-state index contributed by atoms with van der Waals surface area (Å²) in [6, 6.07) is 0. The molecule has 0 spiro atoms. The first-order valence-electron chi connectivity index (χ1n) is 4.68. The van der Waals surface area contributed by atoms with Gasteiger partial charge in [-0.1, -0.05) is 5.92 Å². The Hall–Kier alpha value is -0.560. The summed E-state index contributed by atoms with van der Waals surface area (Å²) in [6.07, 6.45) is 6.55. The third-order valence-corrected chi connectivity index (χ3v) is 2.77. The van der Waals surface area contributed by atoms with E-state index in [4.69, 9.17) is 16.9 Å². The van der Waals surface area contributed by atoms with Gasteiger partial charge in [-0.3, -0.25) is 5.32 Å². The van der Waals surface area contributed by atoms with Gasteiger partial charge in [0.15, 0.2) is 0 Å². The van der Waals surface area contributed by atoms with E-state index < -0.39 is 0 Å². The van der Waals surface area contributed by atoms with Gasteiger partial charge in [0.1, 0.15) is 0 Å². The second-order valence-electron chi connectivity index (χ2n) is 3.71. The molecule has 0 radical (unpaired) electrons. The Kier molecular flexibility index (Phi) is 3.32. The van der Waals surface area contributed by atoms with Crippen LogP contribution in [-0.2, 0) is 4.74 Å². The molecule has 1 heterocycles. The summed E-state index contributed by atoms with van der Waals surface area (Å²) in [6.45, 7) is 5.23. The van der Waals surface area contributed by atoms with Crippen LogP contribution in [0.25, 0.3) is 0 Å². The lowest BCUT2D eigenvalue weighted by Gasteiger charge is -2.31. The summed E-state index contributed by atoms with van der Waals surface area (Å²) in [5.41, 5.74) is 5.63. The van der Waals surface area contributed by atoms with Gasteiger partial charge in [-0.15, -0.1) is 6.42 Å². The molecule has 1 aliphatic rings. The summed E-state index contributed by atoms with van der Waals surface area (Å²) < 4.78 is 5.65. The quantitative estimate of drug-likeness (QED) is 0.609. The predicted molar refractivity (Wildman–Crippen MR) is 53.2 cm³/mol. The van der Waals surface area contributed by atoms with Crippen molar-refractivity contribution in [3.05, 3.63) is 0 Å². The lowest BCUT2D eigenvalue weighted by Crippen LogP contribution is -2.56. The van der Waals surface area contributed by atoms with Crippen LogP contribution in [0.1, 0.15) is 20.3 Å². The van der Waals surface area contributed by atoms with Crippen molar-refractivity contribution in [2.24, 2.45) is 5.73 Å². The first-order valence-corrected chi connectivity index (χ1v) is 4.68. The van der Waals surface area contributed by atoms with Crippen LogP contribution in [0.5, 0.6) is 0 Å². The highest BCUT2D eigenvalue weighted by Gasteiger charge is 2.43. The van der Waals surface area contributed by atoms with Crippen molar-refractivity contribution in [3.8, 4) is 12.3 Å². The molecule has 0 aromatic carbocycles. The zero-order valence-electron chi connectivity index (χ0n) is 8.34. The molecule has 3 N–H and O–H groups in total. The fourth-order valence-electron chi connectivity index (χ4n) is 1.97. The lowest BCUT2D eigenvalue weighted by molar-refractivity contribution is 0.0457. The van der Waals surface area contributed by atoms with Crippen LogP contribution >= 0.6 is 0 Å². The second kappa shape index (κ2) is 4.10. The molecule has 3 heteroatoms. The van der Waals surface area contributed by atoms with Crippen LogP contribution in [0.4, 0.5) is 0 Å². The summed E-state index contributed by atoms with van der Waals surface area (Å²) >= 11 is 0. The van der Waals surface area contributed by atoms with Gasteiger partial charge < -0.3 is 10.5 Å². The van der Waals surface area contributed by atoms with Gasteiger partial charge >= 0.3 is 0 Å². The number of hydrogen-bond donors (Lipinski definition) is 2. The minimum absolute atomic E-state index is 0.119. The number of nitrogens with one attached hydrogen (secondary N) is 1. The molecule has 74 valence electrons. The van der Waals surface area contributed by atoms with Gasteiger partial charge in [0.05, 0.1) is 24.3 Å². The van der Waals surface area contributed by atoms with Crippen LogP contribution in [0, 0.1) is 12.3 Å². The molecular formula is C10H18N2O. The molecule has 0 amide bonds. The van der Waals surface area contributed by atoms with E-state index in [0.717, 1.165) is 6.42 Å². The molecule has 0 aromatic heterocycles. The summed E-state index contributed by atoms with van der Waals surface area (Å²) in [4.78, 5) is 0. The van der Waals surface area contributed by atoms with Crippen molar-refractivity contribution < 1.29 is 4.74 Å². The molecule has 0 bridgehead atoms. The Morgan fingerprint density at radius 2 is 2.38 bits per heavy atom. The lowest BCUT2D eigenvalue weighted by atomic mass is 9.90. The first-order chi connectivity index (χ1) is 6.14. The first kappa shape index (κ1) is 10.5. The van der Waals surface area contributed by atoms with E-state index >= 15 is 0 Å². The van der Waals surface area contributed by atoms with Gasteiger partial charge in [0.25, 0.3) is 0 Å². The second-order valence-corrected chi connectivity index (χ2v) is 3.71. The average molecular weight is 182 g/mol. The third kappa shape index (κ3) is 2.02. The van der Waals surface area contributed by atoms with Gasteiger partial charge in [-0.2, -0.15) is 0 Å². The number of hydrogen-bond acceptors (Lipinski definition) is 3. The third-order valence-electron chi connectivity index (χ3n) is 2.77. The molecule has 13 heavy (non-hydrogen) atoms. The van der Waals surface area contributed by atoms with Crippen molar-refractivity contribution in [2.45, 2.75) is 38.0 Å². The van der Waals surface area contributed by atoms with Crippen LogP contribution in [0.15, 0.2) is 0 Å². The number of terminal acetylenes is 1. The molecule has 0 aromatic rings. The van der Waals surface area contributed by atoms with E-state index in [-0.39, 0.29) is 17.7 Å². The van der Waals surface area contributed by atoms with Crippen molar-refractivity contribution >= 4 is 0 Å². The number of rotatable bonds is 3. The molecule has 1 rings (SSSR count). The fourth-order valence-corrected chi connectivity index (χ4v) is 1.97. The minimum atomic E-state index is -0.119. The molecular weight excluding hydrogens is 164 g/mol. The summed E-state index contributed by atoms with van der Waals surface area (Å²) in [7, 11) is 0. The Morgan fingerprint density at radius 1 is 1.69 bits per heavy atom. The van der Waals surface area contributed by atoms with E-state index in [9.17, 15) is 0 Å². The maximum absolute atomic E-state index is 5.75. The van der Waals surface area contributed by atoms with Gasteiger partial charge in [-0.05, 0) is 20.3 Å². The molecule has 1 saturated heterocycles. The topological polar surface area (TPSA) is 47.3 Å². The Morgan fingerprint density at radius 3 is 2.77 bits per heavy atom. The number of ether oxygens (including phenoxy) is 1. The molecule has 1 fully saturated rings. The van der Waals surface area contributed by atoms with Crippen LogP contribution in [0.2, 0.25) is 0 Å². The Bertz CT molecular complexity index is 211. The van der Waals surface area contributed by atoms with Gasteiger partial charge in [-0.25, -0.2) is 0 Å². The maximum Gasteiger partial charge on any atom is 0.0745 e. The summed E-state index contributed by atoms with van der Waals surface area (Å²) in [5.74, 6) is 2.57. The molecule has 3 atom stereocenters. The maximum atomic E-state index is 5.75. The van der Waals surface area contributed by atoms with Crippen LogP contribution < -0.4 is 11.1 Å². The molecule has 3 unspecified atom stereocenters. The van der Waals surface area contributed by atoms with E-state index in [1.807, 2.05) is 6.92 Å². The molecule has 3 nitrogen and oxygen atoms in total. The van der Waals surface area contributed by atoms with Crippen molar-refractivity contribution in [1.82, 2.24) is 5.32 Å². The van der Waals surface area contributed by atoms with E-state index in [2.05, 4.69) is 18.2 Å². The Labute approximate surface area is 80.0 Å². The van der Waals surface area contributed by atoms with E-state index in [0.29, 0.717) is 13.1 Å². The smallest absolute Gasteiger partial charge is 0.0745 e. The van der Waals surface area contributed by atoms with Crippen LogP contribution in [0.3, 0.4) is 0 Å². The molecule has 0 saturated carbocycles. The SMILES string of the molecule is C#CCNC1(CN)CC(C)OC1C. The highest BCUT2D eigenvalue weighted by molar-refractivity contribution is 5.03. The van der Waals surface area contributed by atoms with Crippen molar-refractivity contribution in [1.29, 1.82) is 0 Å². The van der Waals surface area contributed by atoms with Gasteiger partial charge in [0.2, 0.25) is 0 Å². The zero-order chi connectivity index (χ0) is 9.90. The predicted octanol–water partition coefficient (Wildman–Crippen LogP) is 0.104. The fraction of sp³-hybridized carbons (Fsp3) is 0.800. The molecule has 0 aliphatic carbocycles.